The van der Waals surface area contributed by atoms with Gasteiger partial charge in [-0.25, -0.2) is 4.98 Å². The second kappa shape index (κ2) is 5.54. The highest BCUT2D eigenvalue weighted by molar-refractivity contribution is 6.43. The molecule has 0 spiro atoms. The maximum Gasteiger partial charge on any atom is 0.196 e. The van der Waals surface area contributed by atoms with Crippen molar-refractivity contribution in [2.45, 2.75) is 6.42 Å². The van der Waals surface area contributed by atoms with Gasteiger partial charge in [0, 0.05) is 18.5 Å². The number of oxazole rings is 1. The summed E-state index contributed by atoms with van der Waals surface area (Å²) in [7, 11) is 1.89. The number of nitrogens with zero attached hydrogens (tertiary/aromatic N) is 1. The number of aromatic nitrogens is 1. The highest BCUT2D eigenvalue weighted by Gasteiger charge is 2.11. The van der Waals surface area contributed by atoms with Crippen molar-refractivity contribution < 1.29 is 4.42 Å². The van der Waals surface area contributed by atoms with E-state index in [0.717, 1.165) is 18.5 Å². The second-order valence-electron chi connectivity index (χ2n) is 3.57. The molecule has 0 aliphatic rings. The summed E-state index contributed by atoms with van der Waals surface area (Å²) in [6.07, 6.45) is 2.41. The maximum absolute atomic E-state index is 6.11. The zero-order chi connectivity index (χ0) is 12.3. The summed E-state index contributed by atoms with van der Waals surface area (Å²) >= 11 is 12.1. The van der Waals surface area contributed by atoms with Crippen LogP contribution in [-0.4, -0.2) is 18.6 Å². The fourth-order valence-corrected chi connectivity index (χ4v) is 1.87. The molecule has 0 fully saturated rings. The van der Waals surface area contributed by atoms with E-state index in [4.69, 9.17) is 27.6 Å². The SMILES string of the molecule is CNCCc1ncc(-c2cccc(Cl)c2Cl)o1. The van der Waals surface area contributed by atoms with Gasteiger partial charge in [-0.2, -0.15) is 0 Å². The van der Waals surface area contributed by atoms with Gasteiger partial charge in [0.15, 0.2) is 11.7 Å². The van der Waals surface area contributed by atoms with Crippen LogP contribution < -0.4 is 5.32 Å². The molecule has 0 atom stereocenters. The number of hydrogen-bond acceptors (Lipinski definition) is 3. The molecule has 90 valence electrons. The molecule has 0 aliphatic carbocycles. The van der Waals surface area contributed by atoms with Gasteiger partial charge in [-0.15, -0.1) is 0 Å². The number of benzene rings is 1. The molecule has 3 nitrogen and oxygen atoms in total. The van der Waals surface area contributed by atoms with Crippen LogP contribution in [0.25, 0.3) is 11.3 Å². The van der Waals surface area contributed by atoms with E-state index in [1.165, 1.54) is 0 Å². The second-order valence-corrected chi connectivity index (χ2v) is 4.36. The Balaban J connectivity index is 2.27. The van der Waals surface area contributed by atoms with Crippen molar-refractivity contribution in [3.63, 3.8) is 0 Å². The zero-order valence-electron chi connectivity index (χ0n) is 9.34. The number of nitrogens with one attached hydrogen (secondary N) is 1. The smallest absolute Gasteiger partial charge is 0.196 e. The van der Waals surface area contributed by atoms with Crippen LogP contribution in [-0.2, 0) is 6.42 Å². The van der Waals surface area contributed by atoms with Crippen LogP contribution >= 0.6 is 23.2 Å². The molecule has 1 aromatic carbocycles. The number of rotatable bonds is 4. The summed E-state index contributed by atoms with van der Waals surface area (Å²) in [5.74, 6) is 1.33. The normalized spacial score (nSPS) is 10.8. The Labute approximate surface area is 110 Å². The maximum atomic E-state index is 6.11. The molecule has 2 aromatic rings. The van der Waals surface area contributed by atoms with Crippen LogP contribution in [0, 0.1) is 0 Å². The van der Waals surface area contributed by atoms with Crippen LogP contribution in [0.4, 0.5) is 0 Å². The quantitative estimate of drug-likeness (QED) is 0.926. The van der Waals surface area contributed by atoms with Crippen molar-refractivity contribution >= 4 is 23.2 Å². The van der Waals surface area contributed by atoms with E-state index in [9.17, 15) is 0 Å². The first-order valence-electron chi connectivity index (χ1n) is 5.26. The fraction of sp³-hybridized carbons (Fsp3) is 0.250. The summed E-state index contributed by atoms with van der Waals surface area (Å²) in [4.78, 5) is 4.19. The molecule has 0 saturated carbocycles. The van der Waals surface area contributed by atoms with Crippen molar-refractivity contribution in [2.24, 2.45) is 0 Å². The molecule has 0 unspecified atom stereocenters. The van der Waals surface area contributed by atoms with Crippen LogP contribution in [0.5, 0.6) is 0 Å². The molecule has 0 amide bonds. The molecule has 2 rings (SSSR count). The van der Waals surface area contributed by atoms with Crippen molar-refractivity contribution in [1.82, 2.24) is 10.3 Å². The third kappa shape index (κ3) is 2.80. The lowest BCUT2D eigenvalue weighted by Crippen LogP contribution is -2.10. The summed E-state index contributed by atoms with van der Waals surface area (Å²) < 4.78 is 5.61. The van der Waals surface area contributed by atoms with Gasteiger partial charge in [0.25, 0.3) is 0 Å². The van der Waals surface area contributed by atoms with Crippen LogP contribution in [0.15, 0.2) is 28.8 Å². The van der Waals surface area contributed by atoms with Gasteiger partial charge >= 0.3 is 0 Å². The summed E-state index contributed by atoms with van der Waals surface area (Å²) in [5, 5.41) is 4.04. The topological polar surface area (TPSA) is 38.1 Å². The Morgan fingerprint density at radius 1 is 1.35 bits per heavy atom. The largest absolute Gasteiger partial charge is 0.441 e. The highest BCUT2D eigenvalue weighted by Crippen LogP contribution is 2.33. The number of halogens is 2. The van der Waals surface area contributed by atoms with E-state index < -0.39 is 0 Å². The Morgan fingerprint density at radius 2 is 2.18 bits per heavy atom. The Bertz CT molecular complexity index is 511. The predicted molar refractivity (Wildman–Crippen MR) is 69.6 cm³/mol. The highest BCUT2D eigenvalue weighted by atomic mass is 35.5. The molecule has 1 heterocycles. The molecule has 1 N–H and O–H groups in total. The summed E-state index contributed by atoms with van der Waals surface area (Å²) in [5.41, 5.74) is 0.766. The molecular formula is C12H12Cl2N2O. The molecule has 0 radical (unpaired) electrons. The average Bonchev–Trinajstić information content (AvgIpc) is 2.78. The zero-order valence-corrected chi connectivity index (χ0v) is 10.8. The van der Waals surface area contributed by atoms with Gasteiger partial charge in [-0.3, -0.25) is 0 Å². The average molecular weight is 271 g/mol. The minimum atomic E-state index is 0.491. The van der Waals surface area contributed by atoms with Crippen LogP contribution in [0.2, 0.25) is 10.0 Å². The van der Waals surface area contributed by atoms with Crippen molar-refractivity contribution in [2.75, 3.05) is 13.6 Å². The third-order valence-electron chi connectivity index (χ3n) is 2.36. The standard InChI is InChI=1S/C12H12Cl2N2O/c1-15-6-5-11-16-7-10(17-11)8-3-2-4-9(13)12(8)14/h2-4,7,15H,5-6H2,1H3. The lowest BCUT2D eigenvalue weighted by molar-refractivity contribution is 0.501. The van der Waals surface area contributed by atoms with Crippen molar-refractivity contribution in [1.29, 1.82) is 0 Å². The van der Waals surface area contributed by atoms with Gasteiger partial charge in [-0.05, 0) is 19.2 Å². The number of likely N-dealkylation sites (N-methyl/N-ethyl adjacent to an activating group) is 1. The fourth-order valence-electron chi connectivity index (χ4n) is 1.48. The van der Waals surface area contributed by atoms with E-state index in [2.05, 4.69) is 10.3 Å². The lowest BCUT2D eigenvalue weighted by atomic mass is 10.2. The van der Waals surface area contributed by atoms with E-state index in [1.807, 2.05) is 19.2 Å². The van der Waals surface area contributed by atoms with Gasteiger partial charge in [0.1, 0.15) is 0 Å². The first-order valence-corrected chi connectivity index (χ1v) is 6.01. The molecule has 1 aromatic heterocycles. The number of hydrogen-bond donors (Lipinski definition) is 1. The minimum Gasteiger partial charge on any atom is -0.441 e. The van der Waals surface area contributed by atoms with Crippen molar-refractivity contribution in [3.05, 3.63) is 40.3 Å². The molecule has 0 bridgehead atoms. The molecule has 17 heavy (non-hydrogen) atoms. The first kappa shape index (κ1) is 12.4. The predicted octanol–water partition coefficient (Wildman–Crippen LogP) is 3.41. The molecule has 0 aliphatic heterocycles. The monoisotopic (exact) mass is 270 g/mol. The van der Waals surface area contributed by atoms with E-state index in [0.29, 0.717) is 21.7 Å². The molecular weight excluding hydrogens is 259 g/mol. The van der Waals surface area contributed by atoms with Gasteiger partial charge < -0.3 is 9.73 Å². The van der Waals surface area contributed by atoms with E-state index >= 15 is 0 Å². The Morgan fingerprint density at radius 3 is 2.94 bits per heavy atom. The van der Waals surface area contributed by atoms with Crippen molar-refractivity contribution in [3.8, 4) is 11.3 Å². The first-order chi connectivity index (χ1) is 8.22. The summed E-state index contributed by atoms with van der Waals surface area (Å²) in [6, 6.07) is 5.43. The minimum absolute atomic E-state index is 0.491. The lowest BCUT2D eigenvalue weighted by Gasteiger charge is -2.01. The van der Waals surface area contributed by atoms with Crippen LogP contribution in [0.3, 0.4) is 0 Å². The van der Waals surface area contributed by atoms with Gasteiger partial charge in [0.2, 0.25) is 0 Å². The third-order valence-corrected chi connectivity index (χ3v) is 3.18. The van der Waals surface area contributed by atoms with Gasteiger partial charge in [0.05, 0.1) is 16.2 Å². The van der Waals surface area contributed by atoms with Crippen LogP contribution in [0.1, 0.15) is 5.89 Å². The Kier molecular flexibility index (Phi) is 4.05. The molecule has 0 saturated heterocycles. The Hall–Kier alpha value is -1.03. The van der Waals surface area contributed by atoms with E-state index in [1.54, 1.807) is 12.3 Å². The van der Waals surface area contributed by atoms with Gasteiger partial charge in [-0.1, -0.05) is 29.3 Å². The summed E-state index contributed by atoms with van der Waals surface area (Å²) in [6.45, 7) is 0.823. The molecule has 5 heteroatoms. The van der Waals surface area contributed by atoms with E-state index in [-0.39, 0.29) is 0 Å².